The van der Waals surface area contributed by atoms with Crippen molar-refractivity contribution in [3.63, 3.8) is 0 Å². The van der Waals surface area contributed by atoms with E-state index in [-0.39, 0.29) is 5.91 Å². The van der Waals surface area contributed by atoms with E-state index in [2.05, 4.69) is 9.97 Å². The van der Waals surface area contributed by atoms with Crippen LogP contribution in [0.5, 0.6) is 0 Å². The number of hydrogen-bond donors (Lipinski definition) is 0. The van der Waals surface area contributed by atoms with Crippen LogP contribution >= 0.6 is 11.3 Å². The number of aryl methyl sites for hydroxylation is 2. The maximum absolute atomic E-state index is 12.5. The monoisotopic (exact) mass is 326 g/mol. The van der Waals surface area contributed by atoms with Crippen molar-refractivity contribution in [1.29, 1.82) is 5.26 Å². The predicted molar refractivity (Wildman–Crippen MR) is 88.4 cm³/mol. The molecule has 1 aliphatic rings. The van der Waals surface area contributed by atoms with Crippen LogP contribution in [0.15, 0.2) is 18.3 Å². The van der Waals surface area contributed by atoms with Gasteiger partial charge in [0.05, 0.1) is 16.3 Å². The Morgan fingerprint density at radius 3 is 3.04 bits per heavy atom. The normalized spacial score (nSPS) is 16.5. The molecular weight excluding hydrogens is 308 g/mol. The molecule has 0 N–H and O–H groups in total. The molecule has 1 aliphatic carbocycles. The van der Waals surface area contributed by atoms with E-state index in [0.29, 0.717) is 23.7 Å². The third kappa shape index (κ3) is 3.25. The van der Waals surface area contributed by atoms with Crippen molar-refractivity contribution in [3.8, 4) is 6.07 Å². The predicted octanol–water partition coefficient (Wildman–Crippen LogP) is 2.91. The highest BCUT2D eigenvalue weighted by Crippen LogP contribution is 2.35. The average Bonchev–Trinajstić information content (AvgIpc) is 2.95. The minimum atomic E-state index is -0.117. The van der Waals surface area contributed by atoms with Gasteiger partial charge < -0.3 is 4.90 Å². The molecule has 2 aromatic heterocycles. The van der Waals surface area contributed by atoms with Crippen LogP contribution in [0.3, 0.4) is 0 Å². The molecule has 1 amide bonds. The Labute approximate surface area is 139 Å². The highest BCUT2D eigenvalue weighted by Gasteiger charge is 2.26. The van der Waals surface area contributed by atoms with Gasteiger partial charge in [0.2, 0.25) is 0 Å². The lowest BCUT2D eigenvalue weighted by atomic mass is 9.90. The lowest BCUT2D eigenvalue weighted by molar-refractivity contribution is 0.0777. The number of thiazole rings is 1. The van der Waals surface area contributed by atoms with Crippen molar-refractivity contribution in [2.75, 3.05) is 13.6 Å². The zero-order valence-electron chi connectivity index (χ0n) is 13.2. The maximum Gasteiger partial charge on any atom is 0.272 e. The van der Waals surface area contributed by atoms with Gasteiger partial charge in [-0.1, -0.05) is 0 Å². The summed E-state index contributed by atoms with van der Waals surface area (Å²) in [5.74, 6) is 0.185. The first kappa shape index (κ1) is 15.6. The number of nitriles is 1. The van der Waals surface area contributed by atoms with Crippen molar-refractivity contribution < 1.29 is 4.79 Å². The number of carbonyl (C=O) groups excluding carboxylic acids is 1. The van der Waals surface area contributed by atoms with Gasteiger partial charge in [0, 0.05) is 30.6 Å². The summed E-state index contributed by atoms with van der Waals surface area (Å²) in [6.07, 6.45) is 4.75. The molecule has 0 aromatic carbocycles. The Morgan fingerprint density at radius 1 is 1.52 bits per heavy atom. The van der Waals surface area contributed by atoms with Gasteiger partial charge in [-0.15, -0.1) is 11.3 Å². The fourth-order valence-electron chi connectivity index (χ4n) is 3.00. The molecule has 23 heavy (non-hydrogen) atoms. The smallest absolute Gasteiger partial charge is 0.272 e. The molecule has 3 rings (SSSR count). The van der Waals surface area contributed by atoms with Crippen LogP contribution in [0.1, 0.15) is 50.4 Å². The van der Waals surface area contributed by atoms with Gasteiger partial charge in [-0.05, 0) is 38.3 Å². The standard InChI is InChI=1S/C17H18N4OS/c1-11-20-16-13(4-3-5-15(16)23-11)10-21(2)17(22)14-7-6-12(8-18)9-19-14/h6-7,9,13H,3-5,10H2,1-2H3. The van der Waals surface area contributed by atoms with Gasteiger partial charge in [-0.25, -0.2) is 9.97 Å². The molecule has 0 saturated heterocycles. The third-order valence-electron chi connectivity index (χ3n) is 4.13. The number of aromatic nitrogens is 2. The van der Waals surface area contributed by atoms with Crippen molar-refractivity contribution >= 4 is 17.2 Å². The van der Waals surface area contributed by atoms with Crippen LogP contribution in [-0.2, 0) is 6.42 Å². The number of fused-ring (bicyclic) bond motifs is 1. The number of nitrogens with zero attached hydrogens (tertiary/aromatic N) is 4. The zero-order valence-corrected chi connectivity index (χ0v) is 14.1. The first-order valence-corrected chi connectivity index (χ1v) is 8.48. The van der Waals surface area contributed by atoms with Crippen molar-refractivity contribution in [2.45, 2.75) is 32.1 Å². The van der Waals surface area contributed by atoms with Gasteiger partial charge in [0.25, 0.3) is 5.91 Å². The second kappa shape index (κ2) is 6.47. The molecule has 1 atom stereocenters. The molecule has 0 spiro atoms. The van der Waals surface area contributed by atoms with Crippen molar-refractivity contribution in [2.24, 2.45) is 0 Å². The number of likely N-dealkylation sites (N-methyl/N-ethyl adjacent to an activating group) is 1. The molecule has 6 heteroatoms. The average molecular weight is 326 g/mol. The summed E-state index contributed by atoms with van der Waals surface area (Å²) < 4.78 is 0. The fraction of sp³-hybridized carbons (Fsp3) is 0.412. The summed E-state index contributed by atoms with van der Waals surface area (Å²) in [7, 11) is 1.80. The second-order valence-electron chi connectivity index (χ2n) is 5.86. The molecule has 5 nitrogen and oxygen atoms in total. The summed E-state index contributed by atoms with van der Waals surface area (Å²) in [6.45, 7) is 2.69. The maximum atomic E-state index is 12.5. The lowest BCUT2D eigenvalue weighted by Crippen LogP contribution is -2.32. The fourth-order valence-corrected chi connectivity index (χ4v) is 4.07. The van der Waals surface area contributed by atoms with E-state index in [0.717, 1.165) is 24.3 Å². The molecule has 0 bridgehead atoms. The van der Waals surface area contributed by atoms with E-state index in [1.807, 2.05) is 13.0 Å². The number of amides is 1. The number of hydrogen-bond acceptors (Lipinski definition) is 5. The SMILES string of the molecule is Cc1nc2c(s1)CCCC2CN(C)C(=O)c1ccc(C#N)cn1. The third-order valence-corrected chi connectivity index (χ3v) is 5.18. The first-order chi connectivity index (χ1) is 11.1. The highest BCUT2D eigenvalue weighted by atomic mass is 32.1. The largest absolute Gasteiger partial charge is 0.340 e. The van der Waals surface area contributed by atoms with Crippen LogP contribution in [0.25, 0.3) is 0 Å². The Morgan fingerprint density at radius 2 is 2.35 bits per heavy atom. The van der Waals surface area contributed by atoms with Crippen LogP contribution in [0.2, 0.25) is 0 Å². The summed E-state index contributed by atoms with van der Waals surface area (Å²) in [4.78, 5) is 24.3. The molecule has 2 aromatic rings. The Bertz CT molecular complexity index is 760. The molecule has 2 heterocycles. The van der Waals surface area contributed by atoms with Crippen molar-refractivity contribution in [1.82, 2.24) is 14.9 Å². The van der Waals surface area contributed by atoms with E-state index < -0.39 is 0 Å². The Balaban J connectivity index is 1.72. The molecular formula is C17H18N4OS. The van der Waals surface area contributed by atoms with Gasteiger partial charge in [-0.2, -0.15) is 5.26 Å². The van der Waals surface area contributed by atoms with E-state index >= 15 is 0 Å². The van der Waals surface area contributed by atoms with Gasteiger partial charge >= 0.3 is 0 Å². The van der Waals surface area contributed by atoms with Crippen LogP contribution in [-0.4, -0.2) is 34.4 Å². The number of carbonyl (C=O) groups is 1. The minimum Gasteiger partial charge on any atom is -0.340 e. The summed E-state index contributed by atoms with van der Waals surface area (Å²) in [6, 6.07) is 5.24. The summed E-state index contributed by atoms with van der Waals surface area (Å²) >= 11 is 1.77. The highest BCUT2D eigenvalue weighted by molar-refractivity contribution is 7.11. The summed E-state index contributed by atoms with van der Waals surface area (Å²) in [5.41, 5.74) is 2.00. The van der Waals surface area contributed by atoms with E-state index in [1.165, 1.54) is 16.8 Å². The quantitative estimate of drug-likeness (QED) is 0.869. The lowest BCUT2D eigenvalue weighted by Gasteiger charge is -2.26. The first-order valence-electron chi connectivity index (χ1n) is 7.66. The Kier molecular flexibility index (Phi) is 4.39. The molecule has 1 unspecified atom stereocenters. The topological polar surface area (TPSA) is 69.9 Å². The van der Waals surface area contributed by atoms with Crippen LogP contribution in [0.4, 0.5) is 0 Å². The molecule has 0 fully saturated rings. The Hall–Kier alpha value is -2.26. The zero-order chi connectivity index (χ0) is 16.4. The van der Waals surface area contributed by atoms with E-state index in [4.69, 9.17) is 5.26 Å². The minimum absolute atomic E-state index is 0.117. The molecule has 0 aliphatic heterocycles. The van der Waals surface area contributed by atoms with E-state index in [1.54, 1.807) is 35.4 Å². The van der Waals surface area contributed by atoms with Crippen LogP contribution in [0, 0.1) is 18.3 Å². The number of rotatable bonds is 3. The van der Waals surface area contributed by atoms with Crippen molar-refractivity contribution in [3.05, 3.63) is 45.2 Å². The summed E-state index contributed by atoms with van der Waals surface area (Å²) in [5, 5.41) is 9.90. The van der Waals surface area contributed by atoms with Gasteiger partial charge in [0.1, 0.15) is 11.8 Å². The molecule has 0 radical (unpaired) electrons. The van der Waals surface area contributed by atoms with E-state index in [9.17, 15) is 4.79 Å². The van der Waals surface area contributed by atoms with Crippen LogP contribution < -0.4 is 0 Å². The molecule has 118 valence electrons. The second-order valence-corrected chi connectivity index (χ2v) is 7.15. The van der Waals surface area contributed by atoms with Gasteiger partial charge in [-0.3, -0.25) is 4.79 Å². The number of pyridine rings is 1. The van der Waals surface area contributed by atoms with Gasteiger partial charge in [0.15, 0.2) is 0 Å². The molecule has 0 saturated carbocycles.